The molecule has 1 rings (SSSR count). The van der Waals surface area contributed by atoms with Crippen molar-refractivity contribution in [1.82, 2.24) is 10.2 Å². The number of likely N-dealkylation sites (N-methyl/N-ethyl adjacent to an activating group) is 1. The number of ether oxygens (including phenoxy) is 1. The Morgan fingerprint density at radius 2 is 2.24 bits per heavy atom. The van der Waals surface area contributed by atoms with E-state index < -0.39 is 0 Å². The van der Waals surface area contributed by atoms with Crippen molar-refractivity contribution in [3.8, 4) is 11.8 Å². The molecule has 114 valence electrons. The van der Waals surface area contributed by atoms with Crippen LogP contribution >= 0.6 is 11.3 Å². The zero-order valence-electron chi connectivity index (χ0n) is 12.1. The lowest BCUT2D eigenvalue weighted by Gasteiger charge is -2.15. The second-order valence-electron chi connectivity index (χ2n) is 4.17. The molecular weight excluding hydrogens is 290 g/mol. The molecule has 1 heterocycles. The topological polar surface area (TPSA) is 84.7 Å². The fourth-order valence-electron chi connectivity index (χ4n) is 1.48. The maximum atomic E-state index is 12.2. The van der Waals surface area contributed by atoms with Gasteiger partial charge in [0.2, 0.25) is 5.91 Å². The minimum absolute atomic E-state index is 0.00423. The predicted octanol–water partition coefficient (Wildman–Crippen LogP) is -0.107. The lowest BCUT2D eigenvalue weighted by molar-refractivity contribution is -0.121. The first kappa shape index (κ1) is 17.2. The molecule has 6 nitrogen and oxygen atoms in total. The van der Waals surface area contributed by atoms with Crippen molar-refractivity contribution in [2.24, 2.45) is 5.73 Å². The van der Waals surface area contributed by atoms with Crippen molar-refractivity contribution in [2.75, 3.05) is 40.4 Å². The van der Waals surface area contributed by atoms with Gasteiger partial charge in [-0.15, -0.1) is 11.3 Å². The molecule has 3 N–H and O–H groups in total. The summed E-state index contributed by atoms with van der Waals surface area (Å²) in [6.45, 7) is 1.15. The van der Waals surface area contributed by atoms with Crippen LogP contribution in [0.3, 0.4) is 0 Å². The molecule has 0 fully saturated rings. The van der Waals surface area contributed by atoms with Gasteiger partial charge >= 0.3 is 0 Å². The number of rotatable bonds is 6. The maximum absolute atomic E-state index is 12.2. The Morgan fingerprint density at radius 1 is 1.48 bits per heavy atom. The number of nitrogens with two attached hydrogens (primary N) is 1. The summed E-state index contributed by atoms with van der Waals surface area (Å²) < 4.78 is 4.83. The van der Waals surface area contributed by atoms with Gasteiger partial charge in [-0.3, -0.25) is 9.59 Å². The van der Waals surface area contributed by atoms with Crippen molar-refractivity contribution < 1.29 is 14.3 Å². The first-order valence-electron chi connectivity index (χ1n) is 6.38. The third-order valence-electron chi connectivity index (χ3n) is 2.49. The number of hydrogen-bond acceptors (Lipinski definition) is 5. The highest BCUT2D eigenvalue weighted by molar-refractivity contribution is 7.14. The van der Waals surface area contributed by atoms with Gasteiger partial charge in [-0.1, -0.05) is 11.8 Å². The molecule has 0 aliphatic heterocycles. The Morgan fingerprint density at radius 3 is 2.90 bits per heavy atom. The fourth-order valence-corrected chi connectivity index (χ4v) is 2.36. The normalized spacial score (nSPS) is 9.67. The van der Waals surface area contributed by atoms with Gasteiger partial charge < -0.3 is 20.7 Å². The van der Waals surface area contributed by atoms with E-state index in [1.54, 1.807) is 26.3 Å². The van der Waals surface area contributed by atoms with Gasteiger partial charge in [-0.2, -0.15) is 0 Å². The highest BCUT2D eigenvalue weighted by atomic mass is 32.1. The molecule has 0 aromatic carbocycles. The third kappa shape index (κ3) is 5.95. The van der Waals surface area contributed by atoms with E-state index in [1.165, 1.54) is 16.2 Å². The van der Waals surface area contributed by atoms with Crippen molar-refractivity contribution in [3.63, 3.8) is 0 Å². The quantitative estimate of drug-likeness (QED) is 0.567. The van der Waals surface area contributed by atoms with Crippen LogP contribution in [0.25, 0.3) is 0 Å². The molecule has 0 unspecified atom stereocenters. The number of nitrogens with zero attached hydrogens (tertiary/aromatic N) is 1. The number of amides is 2. The Kier molecular flexibility index (Phi) is 7.46. The van der Waals surface area contributed by atoms with Crippen LogP contribution in [0.1, 0.15) is 14.5 Å². The van der Waals surface area contributed by atoms with Crippen LogP contribution in [0.15, 0.2) is 12.1 Å². The van der Waals surface area contributed by atoms with Gasteiger partial charge in [0.1, 0.15) is 0 Å². The van der Waals surface area contributed by atoms with E-state index in [0.717, 1.165) is 4.88 Å². The van der Waals surface area contributed by atoms with Gasteiger partial charge in [-0.05, 0) is 12.1 Å². The number of methoxy groups -OCH3 is 1. The van der Waals surface area contributed by atoms with Crippen LogP contribution in [0, 0.1) is 11.8 Å². The molecule has 0 aliphatic rings. The van der Waals surface area contributed by atoms with E-state index in [9.17, 15) is 9.59 Å². The number of carbonyl (C=O) groups is 2. The summed E-state index contributed by atoms with van der Waals surface area (Å²) in [6.07, 6.45) is 0. The number of carbonyl (C=O) groups excluding carboxylic acids is 2. The molecule has 1 aromatic heterocycles. The van der Waals surface area contributed by atoms with Crippen molar-refractivity contribution in [2.45, 2.75) is 0 Å². The first-order chi connectivity index (χ1) is 10.1. The van der Waals surface area contributed by atoms with Crippen molar-refractivity contribution >= 4 is 23.2 Å². The summed E-state index contributed by atoms with van der Waals surface area (Å²) in [4.78, 5) is 26.5. The largest absolute Gasteiger partial charge is 0.383 e. The molecule has 0 atom stereocenters. The van der Waals surface area contributed by atoms with E-state index in [4.69, 9.17) is 10.5 Å². The predicted molar refractivity (Wildman–Crippen MR) is 82.1 cm³/mol. The highest BCUT2D eigenvalue weighted by Gasteiger charge is 2.16. The highest BCUT2D eigenvalue weighted by Crippen LogP contribution is 2.16. The molecule has 0 aliphatic carbocycles. The van der Waals surface area contributed by atoms with Gasteiger partial charge in [0.05, 0.1) is 29.5 Å². The zero-order chi connectivity index (χ0) is 15.7. The van der Waals surface area contributed by atoms with Crippen molar-refractivity contribution in [3.05, 3.63) is 21.9 Å². The SMILES string of the molecule is COCCNC(=O)CN(C)C(=O)c1ccc(C#CCN)s1. The Hall–Kier alpha value is -1.88. The minimum Gasteiger partial charge on any atom is -0.383 e. The summed E-state index contributed by atoms with van der Waals surface area (Å²) in [5.74, 6) is 5.18. The van der Waals surface area contributed by atoms with Crippen molar-refractivity contribution in [1.29, 1.82) is 0 Å². The zero-order valence-corrected chi connectivity index (χ0v) is 13.0. The van der Waals surface area contributed by atoms with Gasteiger partial charge in [0, 0.05) is 20.7 Å². The Bertz CT molecular complexity index is 545. The van der Waals surface area contributed by atoms with E-state index in [-0.39, 0.29) is 24.9 Å². The summed E-state index contributed by atoms with van der Waals surface area (Å²) in [5.41, 5.74) is 5.30. The molecule has 1 aromatic rings. The summed E-state index contributed by atoms with van der Waals surface area (Å²) in [7, 11) is 3.15. The lowest BCUT2D eigenvalue weighted by atomic mass is 10.3. The fraction of sp³-hybridized carbons (Fsp3) is 0.429. The van der Waals surface area contributed by atoms with E-state index in [1.807, 2.05) is 0 Å². The molecule has 0 saturated heterocycles. The van der Waals surface area contributed by atoms with Crippen LogP contribution in [0.5, 0.6) is 0 Å². The second kappa shape index (κ2) is 9.13. The lowest BCUT2D eigenvalue weighted by Crippen LogP contribution is -2.39. The minimum atomic E-state index is -0.220. The van der Waals surface area contributed by atoms with Crippen LogP contribution < -0.4 is 11.1 Å². The molecule has 7 heteroatoms. The summed E-state index contributed by atoms with van der Waals surface area (Å²) in [6, 6.07) is 3.47. The average molecular weight is 309 g/mol. The van der Waals surface area contributed by atoms with Crippen LogP contribution in [-0.4, -0.2) is 57.1 Å². The van der Waals surface area contributed by atoms with Crippen LogP contribution in [0.2, 0.25) is 0 Å². The van der Waals surface area contributed by atoms with Crippen LogP contribution in [0.4, 0.5) is 0 Å². The molecular formula is C14H19N3O3S. The van der Waals surface area contributed by atoms with E-state index in [0.29, 0.717) is 18.0 Å². The standard InChI is InChI=1S/C14H19N3O3S/c1-17(10-13(18)16-8-9-20-2)14(19)12-6-5-11(21-12)4-3-7-15/h5-6H,7-10,15H2,1-2H3,(H,16,18). The second-order valence-corrected chi connectivity index (χ2v) is 5.26. The smallest absolute Gasteiger partial charge is 0.264 e. The van der Waals surface area contributed by atoms with Gasteiger partial charge in [0.15, 0.2) is 0 Å². The first-order valence-corrected chi connectivity index (χ1v) is 7.20. The molecule has 2 amide bonds. The van der Waals surface area contributed by atoms with Gasteiger partial charge in [-0.25, -0.2) is 0 Å². The average Bonchev–Trinajstić information content (AvgIpc) is 2.93. The maximum Gasteiger partial charge on any atom is 0.264 e. The Labute approximate surface area is 128 Å². The number of hydrogen-bond donors (Lipinski definition) is 2. The molecule has 0 spiro atoms. The van der Waals surface area contributed by atoms with Crippen LogP contribution in [-0.2, 0) is 9.53 Å². The van der Waals surface area contributed by atoms with E-state index >= 15 is 0 Å². The summed E-state index contributed by atoms with van der Waals surface area (Å²) >= 11 is 1.29. The third-order valence-corrected chi connectivity index (χ3v) is 3.47. The number of thiophene rings is 1. The van der Waals surface area contributed by atoms with Gasteiger partial charge in [0.25, 0.3) is 5.91 Å². The molecule has 0 saturated carbocycles. The molecule has 0 radical (unpaired) electrons. The molecule has 0 bridgehead atoms. The monoisotopic (exact) mass is 309 g/mol. The summed E-state index contributed by atoms with van der Waals surface area (Å²) in [5, 5.41) is 2.66. The molecule has 21 heavy (non-hydrogen) atoms. The Balaban J connectivity index is 2.53. The number of nitrogens with one attached hydrogen (secondary N) is 1. The van der Waals surface area contributed by atoms with E-state index in [2.05, 4.69) is 17.2 Å².